The molecule has 0 aliphatic heterocycles. The van der Waals surface area contributed by atoms with Crippen molar-refractivity contribution in [1.82, 2.24) is 0 Å². The van der Waals surface area contributed by atoms with Crippen LogP contribution < -0.4 is 0 Å². The molecule has 0 aliphatic rings. The molecule has 0 aromatic heterocycles. The maximum Gasteiger partial charge on any atom is 0.306 e. The van der Waals surface area contributed by atoms with Crippen LogP contribution in [-0.2, 0) is 19.1 Å². The fourth-order valence-electron chi connectivity index (χ4n) is 3.43. The number of carbonyl (C=O) groups is 2. The minimum Gasteiger partial charge on any atom is -0.462 e. The highest BCUT2D eigenvalue weighted by Gasteiger charge is 2.15. The molecule has 1 unspecified atom stereocenters. The number of carbonyl (C=O) groups excluding carboxylic acids is 2. The fourth-order valence-corrected chi connectivity index (χ4v) is 3.43. The van der Waals surface area contributed by atoms with Crippen LogP contribution in [0.3, 0.4) is 0 Å². The zero-order valence-electron chi connectivity index (χ0n) is 21.2. The van der Waals surface area contributed by atoms with Crippen molar-refractivity contribution in [3.63, 3.8) is 0 Å². The molecule has 0 spiro atoms. The first-order valence-electron chi connectivity index (χ1n) is 13.3. The molecule has 4 nitrogen and oxygen atoms in total. The molecule has 0 bridgehead atoms. The summed E-state index contributed by atoms with van der Waals surface area (Å²) in [6.45, 7) is 6.43. The molecule has 0 rings (SSSR count). The molecule has 4 heteroatoms. The Hall–Kier alpha value is -1.58. The summed E-state index contributed by atoms with van der Waals surface area (Å²) in [5.74, 6) is -0.355. The molecule has 0 N–H and O–H groups in total. The number of ether oxygens (including phenoxy) is 2. The van der Waals surface area contributed by atoms with Gasteiger partial charge in [0, 0.05) is 12.8 Å². The SMILES string of the molecule is CCC=CCCCCCCCC(=O)OCC(CC)OC(=O)CCCCCCCC=CCC. The van der Waals surface area contributed by atoms with Crippen molar-refractivity contribution in [1.29, 1.82) is 0 Å². The summed E-state index contributed by atoms with van der Waals surface area (Å²) < 4.78 is 10.8. The highest BCUT2D eigenvalue weighted by atomic mass is 16.6. The van der Waals surface area contributed by atoms with Crippen LogP contribution in [0.1, 0.15) is 130 Å². The summed E-state index contributed by atoms with van der Waals surface area (Å²) in [6.07, 6.45) is 25.8. The highest BCUT2D eigenvalue weighted by molar-refractivity contribution is 5.70. The third-order valence-electron chi connectivity index (χ3n) is 5.49. The average Bonchev–Trinajstić information content (AvgIpc) is 2.79. The largest absolute Gasteiger partial charge is 0.462 e. The van der Waals surface area contributed by atoms with Crippen LogP contribution in [0.15, 0.2) is 24.3 Å². The number of esters is 2. The van der Waals surface area contributed by atoms with Crippen molar-refractivity contribution in [3.05, 3.63) is 24.3 Å². The van der Waals surface area contributed by atoms with E-state index in [1.165, 1.54) is 32.1 Å². The standard InChI is InChI=1S/C28H50O4/c1-4-7-9-11-13-15-17-19-21-23-27(29)31-25-26(6-3)32-28(30)24-22-20-18-16-14-12-10-8-5-2/h7-10,26H,4-6,11-25H2,1-3H3. The lowest BCUT2D eigenvalue weighted by molar-refractivity contribution is -0.159. The topological polar surface area (TPSA) is 52.6 Å². The van der Waals surface area contributed by atoms with Gasteiger partial charge in [0.05, 0.1) is 0 Å². The van der Waals surface area contributed by atoms with Crippen LogP contribution in [0.25, 0.3) is 0 Å². The maximum atomic E-state index is 12.0. The van der Waals surface area contributed by atoms with Crippen molar-refractivity contribution in [2.45, 2.75) is 136 Å². The lowest BCUT2D eigenvalue weighted by Gasteiger charge is -2.16. The minimum atomic E-state index is -0.326. The maximum absolute atomic E-state index is 12.0. The smallest absolute Gasteiger partial charge is 0.306 e. The minimum absolute atomic E-state index is 0.174. The van der Waals surface area contributed by atoms with Gasteiger partial charge in [0.2, 0.25) is 0 Å². The predicted octanol–water partition coefficient (Wildman–Crippen LogP) is 8.25. The van der Waals surface area contributed by atoms with Crippen LogP contribution in [0.4, 0.5) is 0 Å². The van der Waals surface area contributed by atoms with Gasteiger partial charge >= 0.3 is 11.9 Å². The third-order valence-corrected chi connectivity index (χ3v) is 5.49. The van der Waals surface area contributed by atoms with E-state index in [0.717, 1.165) is 57.8 Å². The Morgan fingerprint density at radius 2 is 1.09 bits per heavy atom. The molecule has 0 aromatic rings. The molecule has 186 valence electrons. The van der Waals surface area contributed by atoms with E-state index in [0.29, 0.717) is 19.3 Å². The van der Waals surface area contributed by atoms with Crippen molar-refractivity contribution in [3.8, 4) is 0 Å². The number of rotatable bonds is 22. The quantitative estimate of drug-likeness (QED) is 0.0946. The predicted molar refractivity (Wildman–Crippen MR) is 135 cm³/mol. The zero-order valence-corrected chi connectivity index (χ0v) is 21.2. The molecule has 0 aliphatic carbocycles. The van der Waals surface area contributed by atoms with Crippen molar-refractivity contribution < 1.29 is 19.1 Å². The number of unbranched alkanes of at least 4 members (excludes halogenated alkanes) is 10. The van der Waals surface area contributed by atoms with Gasteiger partial charge in [-0.3, -0.25) is 9.59 Å². The first-order valence-corrected chi connectivity index (χ1v) is 13.3. The molecule has 1 atom stereocenters. The summed E-state index contributed by atoms with van der Waals surface area (Å²) in [5.41, 5.74) is 0. The van der Waals surface area contributed by atoms with Gasteiger partial charge in [-0.05, 0) is 57.8 Å². The molecule has 0 saturated carbocycles. The molecule has 0 radical (unpaired) electrons. The van der Waals surface area contributed by atoms with E-state index in [9.17, 15) is 9.59 Å². The molecular weight excluding hydrogens is 400 g/mol. The van der Waals surface area contributed by atoms with Crippen LogP contribution in [0.2, 0.25) is 0 Å². The van der Waals surface area contributed by atoms with Crippen molar-refractivity contribution in [2.24, 2.45) is 0 Å². The first kappa shape index (κ1) is 30.4. The Morgan fingerprint density at radius 3 is 1.59 bits per heavy atom. The molecule has 0 saturated heterocycles. The molecule has 32 heavy (non-hydrogen) atoms. The third kappa shape index (κ3) is 21.6. The monoisotopic (exact) mass is 450 g/mol. The Labute approximate surface area is 198 Å². The second-order valence-corrected chi connectivity index (χ2v) is 8.58. The van der Waals surface area contributed by atoms with E-state index in [1.54, 1.807) is 0 Å². The van der Waals surface area contributed by atoms with Gasteiger partial charge in [0.15, 0.2) is 0 Å². The van der Waals surface area contributed by atoms with E-state index in [1.807, 2.05) is 6.92 Å². The van der Waals surface area contributed by atoms with E-state index in [2.05, 4.69) is 38.2 Å². The van der Waals surface area contributed by atoms with E-state index < -0.39 is 0 Å². The Morgan fingerprint density at radius 1 is 0.625 bits per heavy atom. The molecule has 0 heterocycles. The summed E-state index contributed by atoms with van der Waals surface area (Å²) in [5, 5.41) is 0. The van der Waals surface area contributed by atoms with Crippen LogP contribution >= 0.6 is 0 Å². The van der Waals surface area contributed by atoms with Gasteiger partial charge in [-0.25, -0.2) is 0 Å². The Bertz CT molecular complexity index is 496. The summed E-state index contributed by atoms with van der Waals surface area (Å²) in [7, 11) is 0. The normalized spacial score (nSPS) is 12.5. The molecular formula is C28H50O4. The van der Waals surface area contributed by atoms with Gasteiger partial charge in [-0.15, -0.1) is 0 Å². The number of hydrogen-bond acceptors (Lipinski definition) is 4. The van der Waals surface area contributed by atoms with Crippen LogP contribution in [0.5, 0.6) is 0 Å². The lowest BCUT2D eigenvalue weighted by atomic mass is 10.1. The van der Waals surface area contributed by atoms with E-state index in [-0.39, 0.29) is 24.6 Å². The number of allylic oxidation sites excluding steroid dienone is 4. The fraction of sp³-hybridized carbons (Fsp3) is 0.786. The molecule has 0 fully saturated rings. The van der Waals surface area contributed by atoms with Gasteiger partial charge in [0.1, 0.15) is 12.7 Å². The summed E-state index contributed by atoms with van der Waals surface area (Å²) in [6, 6.07) is 0. The average molecular weight is 451 g/mol. The summed E-state index contributed by atoms with van der Waals surface area (Å²) in [4.78, 5) is 24.0. The van der Waals surface area contributed by atoms with E-state index >= 15 is 0 Å². The number of hydrogen-bond donors (Lipinski definition) is 0. The van der Waals surface area contributed by atoms with E-state index in [4.69, 9.17) is 9.47 Å². The molecule has 0 amide bonds. The first-order chi connectivity index (χ1) is 15.6. The second kappa shape index (κ2) is 24.1. The van der Waals surface area contributed by atoms with Crippen molar-refractivity contribution >= 4 is 11.9 Å². The van der Waals surface area contributed by atoms with Crippen molar-refractivity contribution in [2.75, 3.05) is 6.61 Å². The molecule has 0 aromatic carbocycles. The van der Waals surface area contributed by atoms with Gasteiger partial charge < -0.3 is 9.47 Å². The zero-order chi connectivity index (χ0) is 23.7. The van der Waals surface area contributed by atoms with Crippen LogP contribution in [-0.4, -0.2) is 24.6 Å². The van der Waals surface area contributed by atoms with Crippen LogP contribution in [0, 0.1) is 0 Å². The van der Waals surface area contributed by atoms with Gasteiger partial charge in [-0.1, -0.05) is 83.6 Å². The lowest BCUT2D eigenvalue weighted by Crippen LogP contribution is -2.24. The Balaban J connectivity index is 3.67. The summed E-state index contributed by atoms with van der Waals surface area (Å²) >= 11 is 0. The highest BCUT2D eigenvalue weighted by Crippen LogP contribution is 2.11. The second-order valence-electron chi connectivity index (χ2n) is 8.58. The van der Waals surface area contributed by atoms with Gasteiger partial charge in [0.25, 0.3) is 0 Å². The van der Waals surface area contributed by atoms with Gasteiger partial charge in [-0.2, -0.15) is 0 Å². The Kier molecular flexibility index (Phi) is 22.9.